The van der Waals surface area contributed by atoms with Crippen LogP contribution in [0.2, 0.25) is 0 Å². The van der Waals surface area contributed by atoms with Gasteiger partial charge in [0, 0.05) is 31.0 Å². The summed E-state index contributed by atoms with van der Waals surface area (Å²) in [5.41, 5.74) is 1.22. The number of rotatable bonds is 5. The van der Waals surface area contributed by atoms with Gasteiger partial charge in [-0.3, -0.25) is 9.78 Å². The van der Waals surface area contributed by atoms with E-state index in [0.29, 0.717) is 18.7 Å². The van der Waals surface area contributed by atoms with Gasteiger partial charge < -0.3 is 5.32 Å². The number of hydrogen-bond donors (Lipinski definition) is 1. The van der Waals surface area contributed by atoms with Crippen molar-refractivity contribution in [1.82, 2.24) is 14.6 Å². The molecular weight excluding hydrogens is 338 g/mol. The Balaban J connectivity index is 1.78. The van der Waals surface area contributed by atoms with E-state index in [2.05, 4.69) is 10.3 Å². The summed E-state index contributed by atoms with van der Waals surface area (Å²) in [6, 6.07) is 9.67. The molecule has 1 amide bonds. The van der Waals surface area contributed by atoms with Crippen LogP contribution in [0.15, 0.2) is 53.7 Å². The molecule has 1 aromatic carbocycles. The third-order valence-corrected chi connectivity index (χ3v) is 6.23. The highest BCUT2D eigenvalue weighted by Crippen LogP contribution is 2.22. The fourth-order valence-corrected chi connectivity index (χ4v) is 4.43. The number of carbonyl (C=O) groups excluding carboxylic acids is 1. The quantitative estimate of drug-likeness (QED) is 0.889. The maximum absolute atomic E-state index is 12.6. The summed E-state index contributed by atoms with van der Waals surface area (Å²) in [6.07, 6.45) is 5.12. The Morgan fingerprint density at radius 3 is 2.64 bits per heavy atom. The van der Waals surface area contributed by atoms with Crippen LogP contribution in [-0.4, -0.2) is 36.7 Å². The standard InChI is InChI=1S/C18H21N3O3S/c1-14(16-7-5-9-19-13-16)20-18(22)15-6-4-8-17(12-15)25(23,24)21-10-2-3-11-21/h4-9,12-14H,2-3,10-11H2,1H3,(H,20,22). The number of carbonyl (C=O) groups is 1. The van der Waals surface area contributed by atoms with Gasteiger partial charge in [0.1, 0.15) is 0 Å². The van der Waals surface area contributed by atoms with E-state index in [1.165, 1.54) is 16.4 Å². The lowest BCUT2D eigenvalue weighted by molar-refractivity contribution is 0.0939. The van der Waals surface area contributed by atoms with Crippen molar-refractivity contribution in [2.75, 3.05) is 13.1 Å². The first-order valence-electron chi connectivity index (χ1n) is 8.29. The Labute approximate surface area is 147 Å². The molecule has 0 saturated carbocycles. The minimum Gasteiger partial charge on any atom is -0.345 e. The van der Waals surface area contributed by atoms with E-state index in [1.807, 2.05) is 13.0 Å². The van der Waals surface area contributed by atoms with Crippen molar-refractivity contribution in [3.05, 3.63) is 59.9 Å². The summed E-state index contributed by atoms with van der Waals surface area (Å²) in [6.45, 7) is 2.94. The van der Waals surface area contributed by atoms with E-state index in [9.17, 15) is 13.2 Å². The van der Waals surface area contributed by atoms with Gasteiger partial charge in [0.15, 0.2) is 0 Å². The van der Waals surface area contributed by atoms with Crippen LogP contribution in [0.3, 0.4) is 0 Å². The van der Waals surface area contributed by atoms with Crippen LogP contribution in [0.1, 0.15) is 41.7 Å². The first-order valence-corrected chi connectivity index (χ1v) is 9.73. The van der Waals surface area contributed by atoms with E-state index in [-0.39, 0.29) is 16.8 Å². The van der Waals surface area contributed by atoms with E-state index in [0.717, 1.165) is 18.4 Å². The lowest BCUT2D eigenvalue weighted by Gasteiger charge is -2.17. The molecule has 2 heterocycles. The van der Waals surface area contributed by atoms with E-state index < -0.39 is 10.0 Å². The average molecular weight is 359 g/mol. The zero-order valence-corrected chi connectivity index (χ0v) is 14.9. The summed E-state index contributed by atoms with van der Waals surface area (Å²) in [4.78, 5) is 16.7. The average Bonchev–Trinajstić information content (AvgIpc) is 3.18. The smallest absolute Gasteiger partial charge is 0.251 e. The van der Waals surface area contributed by atoms with Crippen LogP contribution >= 0.6 is 0 Å². The fraction of sp³-hybridized carbons (Fsp3) is 0.333. The van der Waals surface area contributed by atoms with Gasteiger partial charge in [0.05, 0.1) is 10.9 Å². The highest BCUT2D eigenvalue weighted by atomic mass is 32.2. The van der Waals surface area contributed by atoms with Crippen molar-refractivity contribution >= 4 is 15.9 Å². The van der Waals surface area contributed by atoms with Gasteiger partial charge in [0.25, 0.3) is 5.91 Å². The molecule has 6 nitrogen and oxygen atoms in total. The summed E-state index contributed by atoms with van der Waals surface area (Å²) < 4.78 is 26.8. The Morgan fingerprint density at radius 1 is 1.20 bits per heavy atom. The zero-order valence-electron chi connectivity index (χ0n) is 14.1. The number of sulfonamides is 1. The van der Waals surface area contributed by atoms with Gasteiger partial charge in [-0.1, -0.05) is 12.1 Å². The van der Waals surface area contributed by atoms with Crippen LogP contribution in [0, 0.1) is 0 Å². The normalized spacial score (nSPS) is 16.5. The third kappa shape index (κ3) is 3.88. The molecule has 0 bridgehead atoms. The number of amides is 1. The molecule has 7 heteroatoms. The molecule has 0 radical (unpaired) electrons. The van der Waals surface area contributed by atoms with Gasteiger partial charge >= 0.3 is 0 Å². The SMILES string of the molecule is CC(NC(=O)c1cccc(S(=O)(=O)N2CCCC2)c1)c1cccnc1. The minimum absolute atomic E-state index is 0.163. The zero-order chi connectivity index (χ0) is 17.9. The van der Waals surface area contributed by atoms with Crippen LogP contribution in [0.4, 0.5) is 0 Å². The van der Waals surface area contributed by atoms with E-state index in [4.69, 9.17) is 0 Å². The number of aromatic nitrogens is 1. The molecule has 25 heavy (non-hydrogen) atoms. The van der Waals surface area contributed by atoms with E-state index in [1.54, 1.807) is 30.6 Å². The molecule has 1 atom stereocenters. The lowest BCUT2D eigenvalue weighted by Crippen LogP contribution is -2.29. The Bertz CT molecular complexity index is 847. The molecule has 1 aliphatic heterocycles. The first kappa shape index (κ1) is 17.6. The van der Waals surface area contributed by atoms with Gasteiger partial charge in [-0.25, -0.2) is 8.42 Å². The van der Waals surface area contributed by atoms with Crippen LogP contribution in [0.25, 0.3) is 0 Å². The van der Waals surface area contributed by atoms with Crippen LogP contribution < -0.4 is 5.32 Å². The van der Waals surface area contributed by atoms with Gasteiger partial charge in [-0.2, -0.15) is 4.31 Å². The molecule has 1 unspecified atom stereocenters. The van der Waals surface area contributed by atoms with Crippen molar-refractivity contribution in [3.63, 3.8) is 0 Å². The second-order valence-electron chi connectivity index (χ2n) is 6.12. The van der Waals surface area contributed by atoms with Crippen molar-refractivity contribution < 1.29 is 13.2 Å². The summed E-state index contributed by atoms with van der Waals surface area (Å²) >= 11 is 0. The molecule has 1 N–H and O–H groups in total. The summed E-state index contributed by atoms with van der Waals surface area (Å²) in [5, 5.41) is 2.87. The highest BCUT2D eigenvalue weighted by Gasteiger charge is 2.27. The molecule has 0 aliphatic carbocycles. The molecule has 3 rings (SSSR count). The maximum Gasteiger partial charge on any atom is 0.251 e. The predicted octanol–water partition coefficient (Wildman–Crippen LogP) is 2.36. The Morgan fingerprint density at radius 2 is 1.96 bits per heavy atom. The number of benzene rings is 1. The molecule has 1 aliphatic rings. The van der Waals surface area contributed by atoms with Crippen molar-refractivity contribution in [1.29, 1.82) is 0 Å². The van der Waals surface area contributed by atoms with Crippen molar-refractivity contribution in [2.24, 2.45) is 0 Å². The summed E-state index contributed by atoms with van der Waals surface area (Å²) in [7, 11) is -3.53. The molecular formula is C18H21N3O3S. The summed E-state index contributed by atoms with van der Waals surface area (Å²) in [5.74, 6) is -0.310. The predicted molar refractivity (Wildman–Crippen MR) is 94.6 cm³/mol. The molecule has 0 spiro atoms. The molecule has 1 fully saturated rings. The number of pyridine rings is 1. The topological polar surface area (TPSA) is 79.4 Å². The third-order valence-electron chi connectivity index (χ3n) is 4.33. The lowest BCUT2D eigenvalue weighted by atomic mass is 10.1. The van der Waals surface area contributed by atoms with Crippen LogP contribution in [-0.2, 0) is 10.0 Å². The van der Waals surface area contributed by atoms with Crippen molar-refractivity contribution in [2.45, 2.75) is 30.7 Å². The maximum atomic E-state index is 12.6. The van der Waals surface area contributed by atoms with Crippen LogP contribution in [0.5, 0.6) is 0 Å². The monoisotopic (exact) mass is 359 g/mol. The minimum atomic E-state index is -3.53. The second-order valence-corrected chi connectivity index (χ2v) is 8.06. The molecule has 2 aromatic rings. The fourth-order valence-electron chi connectivity index (χ4n) is 2.87. The molecule has 1 saturated heterocycles. The second kappa shape index (κ2) is 7.33. The van der Waals surface area contributed by atoms with Gasteiger partial charge in [-0.15, -0.1) is 0 Å². The first-order chi connectivity index (χ1) is 12.0. The van der Waals surface area contributed by atoms with Gasteiger partial charge in [-0.05, 0) is 49.6 Å². The number of hydrogen-bond acceptors (Lipinski definition) is 4. The molecule has 1 aromatic heterocycles. The highest BCUT2D eigenvalue weighted by molar-refractivity contribution is 7.89. The largest absolute Gasteiger partial charge is 0.345 e. The number of nitrogens with one attached hydrogen (secondary N) is 1. The number of nitrogens with zero attached hydrogens (tertiary/aromatic N) is 2. The Hall–Kier alpha value is -2.25. The van der Waals surface area contributed by atoms with E-state index >= 15 is 0 Å². The molecule has 132 valence electrons. The Kier molecular flexibility index (Phi) is 5.15. The van der Waals surface area contributed by atoms with Crippen molar-refractivity contribution in [3.8, 4) is 0 Å². The van der Waals surface area contributed by atoms with Gasteiger partial charge in [0.2, 0.25) is 10.0 Å².